The molecule has 0 amide bonds. The van der Waals surface area contributed by atoms with Gasteiger partial charge >= 0.3 is 5.97 Å². The maximum absolute atomic E-state index is 10.9. The van der Waals surface area contributed by atoms with Crippen molar-refractivity contribution in [3.05, 3.63) is 46.3 Å². The van der Waals surface area contributed by atoms with Gasteiger partial charge in [0.25, 0.3) is 0 Å². The lowest BCUT2D eigenvalue weighted by atomic mass is 10.2. The Kier molecular flexibility index (Phi) is 3.93. The smallest absolute Gasteiger partial charge is 0.337 e. The second kappa shape index (κ2) is 5.46. The summed E-state index contributed by atoms with van der Waals surface area (Å²) in [7, 11) is 0. The van der Waals surface area contributed by atoms with Crippen LogP contribution in [0, 0.1) is 6.92 Å². The highest BCUT2D eigenvalue weighted by Crippen LogP contribution is 2.27. The number of benzene rings is 1. The Balaban J connectivity index is 2.10. The van der Waals surface area contributed by atoms with Crippen molar-refractivity contribution < 1.29 is 14.4 Å². The highest BCUT2D eigenvalue weighted by Gasteiger charge is 2.10. The van der Waals surface area contributed by atoms with Gasteiger partial charge in [-0.15, -0.1) is 11.8 Å². The van der Waals surface area contributed by atoms with E-state index in [9.17, 15) is 4.79 Å². The van der Waals surface area contributed by atoms with Gasteiger partial charge in [0, 0.05) is 16.7 Å². The van der Waals surface area contributed by atoms with Gasteiger partial charge in [-0.3, -0.25) is 0 Å². The summed E-state index contributed by atoms with van der Waals surface area (Å²) in [6.07, 6.45) is 0. The van der Waals surface area contributed by atoms with Gasteiger partial charge < -0.3 is 9.63 Å². The highest BCUT2D eigenvalue weighted by atomic mass is 35.5. The average molecular weight is 284 g/mol. The number of rotatable bonds is 4. The number of carboxylic acids is 1. The number of hydrogen-bond acceptors (Lipinski definition) is 4. The van der Waals surface area contributed by atoms with Crippen molar-refractivity contribution in [1.82, 2.24) is 5.16 Å². The lowest BCUT2D eigenvalue weighted by molar-refractivity contribution is 0.0697. The van der Waals surface area contributed by atoms with Crippen molar-refractivity contribution in [2.75, 3.05) is 0 Å². The number of aromatic nitrogens is 1. The zero-order valence-corrected chi connectivity index (χ0v) is 11.1. The third-order valence-corrected chi connectivity index (χ3v) is 3.59. The van der Waals surface area contributed by atoms with Crippen LogP contribution in [0.3, 0.4) is 0 Å². The van der Waals surface area contributed by atoms with Gasteiger partial charge in [0.2, 0.25) is 0 Å². The lowest BCUT2D eigenvalue weighted by Crippen LogP contribution is -1.97. The van der Waals surface area contributed by atoms with Crippen LogP contribution in [0.5, 0.6) is 0 Å². The van der Waals surface area contributed by atoms with E-state index in [0.29, 0.717) is 5.75 Å². The summed E-state index contributed by atoms with van der Waals surface area (Å²) in [4.78, 5) is 11.8. The van der Waals surface area contributed by atoms with Crippen LogP contribution in [-0.2, 0) is 5.75 Å². The molecular formula is C12H10ClNO3S. The normalized spacial score (nSPS) is 10.6. The van der Waals surface area contributed by atoms with Gasteiger partial charge in [-0.05, 0) is 25.1 Å². The number of carboxylic acid groups (broad SMARTS) is 1. The second-order valence-electron chi connectivity index (χ2n) is 3.66. The zero-order chi connectivity index (χ0) is 13.1. The monoisotopic (exact) mass is 283 g/mol. The van der Waals surface area contributed by atoms with Crippen molar-refractivity contribution in [3.63, 3.8) is 0 Å². The Morgan fingerprint density at radius 3 is 2.89 bits per heavy atom. The zero-order valence-electron chi connectivity index (χ0n) is 9.51. The first-order chi connectivity index (χ1) is 8.56. The van der Waals surface area contributed by atoms with Crippen LogP contribution in [-0.4, -0.2) is 16.2 Å². The molecule has 1 heterocycles. The summed E-state index contributed by atoms with van der Waals surface area (Å²) in [6.45, 7) is 1.83. The molecule has 94 valence electrons. The third-order valence-electron chi connectivity index (χ3n) is 2.23. The molecule has 0 aliphatic heterocycles. The average Bonchev–Trinajstić information content (AvgIpc) is 2.74. The Hall–Kier alpha value is -1.46. The third kappa shape index (κ3) is 3.05. The largest absolute Gasteiger partial charge is 0.478 e. The Labute approximate surface area is 113 Å². The SMILES string of the molecule is Cc1cc(CSc2ccc(Cl)c(C(=O)O)c2)no1. The summed E-state index contributed by atoms with van der Waals surface area (Å²) < 4.78 is 4.96. The maximum Gasteiger partial charge on any atom is 0.337 e. The number of thioether (sulfide) groups is 1. The number of hydrogen-bond donors (Lipinski definition) is 1. The molecule has 0 spiro atoms. The molecule has 1 aromatic heterocycles. The van der Waals surface area contributed by atoms with E-state index in [2.05, 4.69) is 5.16 Å². The summed E-state index contributed by atoms with van der Waals surface area (Å²) in [5, 5.41) is 13.1. The molecule has 2 aromatic rings. The fourth-order valence-corrected chi connectivity index (χ4v) is 2.42. The van der Waals surface area contributed by atoms with Crippen LogP contribution in [0.2, 0.25) is 5.02 Å². The standard InChI is InChI=1S/C12H10ClNO3S/c1-7-4-8(14-17-7)6-18-9-2-3-11(13)10(5-9)12(15)16/h2-5H,6H2,1H3,(H,15,16). The van der Waals surface area contributed by atoms with Crippen LogP contribution < -0.4 is 0 Å². The minimum Gasteiger partial charge on any atom is -0.478 e. The molecule has 4 nitrogen and oxygen atoms in total. The molecule has 0 aliphatic rings. The van der Waals surface area contributed by atoms with E-state index in [4.69, 9.17) is 21.2 Å². The maximum atomic E-state index is 10.9. The molecule has 1 N–H and O–H groups in total. The van der Waals surface area contributed by atoms with Crippen molar-refractivity contribution in [2.45, 2.75) is 17.6 Å². The van der Waals surface area contributed by atoms with Gasteiger partial charge in [0.1, 0.15) is 5.76 Å². The molecule has 18 heavy (non-hydrogen) atoms. The van der Waals surface area contributed by atoms with Gasteiger partial charge in [0.15, 0.2) is 0 Å². The van der Waals surface area contributed by atoms with Crippen LogP contribution >= 0.6 is 23.4 Å². The molecule has 0 fully saturated rings. The molecule has 0 saturated heterocycles. The van der Waals surface area contributed by atoms with Crippen LogP contribution in [0.4, 0.5) is 0 Å². The molecule has 1 aromatic carbocycles. The first-order valence-corrected chi connectivity index (χ1v) is 6.50. The molecule has 0 aliphatic carbocycles. The summed E-state index contributed by atoms with van der Waals surface area (Å²) in [6, 6.07) is 6.77. The van der Waals surface area contributed by atoms with E-state index in [1.165, 1.54) is 11.8 Å². The van der Waals surface area contributed by atoms with E-state index in [-0.39, 0.29) is 10.6 Å². The molecule has 2 rings (SSSR count). The van der Waals surface area contributed by atoms with E-state index < -0.39 is 5.97 Å². The van der Waals surface area contributed by atoms with Crippen molar-refractivity contribution in [1.29, 1.82) is 0 Å². The van der Waals surface area contributed by atoms with Crippen LogP contribution in [0.15, 0.2) is 33.7 Å². The van der Waals surface area contributed by atoms with Crippen LogP contribution in [0.25, 0.3) is 0 Å². The predicted octanol–water partition coefficient (Wildman–Crippen LogP) is 3.63. The molecule has 0 atom stereocenters. The number of halogens is 1. The Bertz CT molecular complexity index is 582. The highest BCUT2D eigenvalue weighted by molar-refractivity contribution is 7.98. The van der Waals surface area contributed by atoms with Crippen molar-refractivity contribution in [3.8, 4) is 0 Å². The molecule has 0 saturated carbocycles. The van der Waals surface area contributed by atoms with E-state index in [0.717, 1.165) is 16.3 Å². The summed E-state index contributed by atoms with van der Waals surface area (Å²) in [5.74, 6) is 0.352. The number of nitrogens with zero attached hydrogens (tertiary/aromatic N) is 1. The predicted molar refractivity (Wildman–Crippen MR) is 69.2 cm³/mol. The van der Waals surface area contributed by atoms with Gasteiger partial charge in [-0.1, -0.05) is 16.8 Å². The fourth-order valence-electron chi connectivity index (χ4n) is 1.40. The molecule has 0 unspecified atom stereocenters. The lowest BCUT2D eigenvalue weighted by Gasteiger charge is -2.03. The second-order valence-corrected chi connectivity index (χ2v) is 5.12. The number of aromatic carboxylic acids is 1. The Morgan fingerprint density at radius 1 is 1.50 bits per heavy atom. The first kappa shape index (κ1) is 13.0. The Morgan fingerprint density at radius 2 is 2.28 bits per heavy atom. The van der Waals surface area contributed by atoms with Gasteiger partial charge in [0.05, 0.1) is 16.3 Å². The topological polar surface area (TPSA) is 63.3 Å². The minimum atomic E-state index is -1.03. The number of aryl methyl sites for hydroxylation is 1. The fraction of sp³-hybridized carbons (Fsp3) is 0.167. The van der Waals surface area contributed by atoms with Crippen molar-refractivity contribution >= 4 is 29.3 Å². The summed E-state index contributed by atoms with van der Waals surface area (Å²) >= 11 is 7.28. The molecular weight excluding hydrogens is 274 g/mol. The van der Waals surface area contributed by atoms with E-state index in [1.807, 2.05) is 13.0 Å². The van der Waals surface area contributed by atoms with Crippen LogP contribution in [0.1, 0.15) is 21.8 Å². The number of carbonyl (C=O) groups is 1. The van der Waals surface area contributed by atoms with E-state index in [1.54, 1.807) is 18.2 Å². The van der Waals surface area contributed by atoms with Gasteiger partial charge in [-0.25, -0.2) is 4.79 Å². The van der Waals surface area contributed by atoms with Crippen molar-refractivity contribution in [2.24, 2.45) is 0 Å². The summed E-state index contributed by atoms with van der Waals surface area (Å²) in [5.41, 5.74) is 0.933. The molecule has 0 bridgehead atoms. The van der Waals surface area contributed by atoms with Gasteiger partial charge in [-0.2, -0.15) is 0 Å². The minimum absolute atomic E-state index is 0.109. The quantitative estimate of drug-likeness (QED) is 0.868. The molecule has 0 radical (unpaired) electrons. The first-order valence-electron chi connectivity index (χ1n) is 5.14. The molecule has 6 heteroatoms. The van der Waals surface area contributed by atoms with E-state index >= 15 is 0 Å².